The number of rotatable bonds is 1. The van der Waals surface area contributed by atoms with Gasteiger partial charge in [-0.1, -0.05) is 6.42 Å². The van der Waals surface area contributed by atoms with Crippen molar-refractivity contribution in [3.8, 4) is 0 Å². The van der Waals surface area contributed by atoms with Crippen molar-refractivity contribution >= 4 is 27.5 Å². The molecule has 0 saturated heterocycles. The summed E-state index contributed by atoms with van der Waals surface area (Å²) < 4.78 is 14.0. The van der Waals surface area contributed by atoms with Crippen molar-refractivity contribution in [3.05, 3.63) is 28.0 Å². The molecule has 0 unspecified atom stereocenters. The molecule has 2 rings (SSSR count). The molecule has 1 aromatic rings. The monoisotopic (exact) mass is 298 g/mol. The summed E-state index contributed by atoms with van der Waals surface area (Å²) in [6, 6.07) is 3.31. The van der Waals surface area contributed by atoms with Crippen LogP contribution in [0, 0.1) is 12.7 Å². The summed E-state index contributed by atoms with van der Waals surface area (Å²) in [5, 5.41) is 3.25. The van der Waals surface area contributed by atoms with Crippen molar-refractivity contribution in [1.29, 1.82) is 0 Å². The van der Waals surface area contributed by atoms with E-state index in [1.54, 1.807) is 6.07 Å². The van der Waals surface area contributed by atoms with E-state index in [0.29, 0.717) is 4.47 Å². The first-order valence-electron chi connectivity index (χ1n) is 5.93. The second kappa shape index (κ2) is 5.63. The summed E-state index contributed by atoms with van der Waals surface area (Å²) in [5.41, 5.74) is 1.83. The van der Waals surface area contributed by atoms with Crippen LogP contribution in [0.2, 0.25) is 0 Å². The van der Waals surface area contributed by atoms with Crippen molar-refractivity contribution in [2.45, 2.75) is 32.6 Å². The van der Waals surface area contributed by atoms with Gasteiger partial charge in [0.15, 0.2) is 0 Å². The molecule has 0 aromatic heterocycles. The Morgan fingerprint density at radius 1 is 1.29 bits per heavy atom. The third kappa shape index (κ3) is 3.28. The molecule has 92 valence electrons. The average Bonchev–Trinajstić information content (AvgIpc) is 2.54. The van der Waals surface area contributed by atoms with Crippen LogP contribution < -0.4 is 5.32 Å². The van der Waals surface area contributed by atoms with Gasteiger partial charge in [-0.15, -0.1) is 0 Å². The summed E-state index contributed by atoms with van der Waals surface area (Å²) in [5.74, 6) is 0.736. The van der Waals surface area contributed by atoms with Gasteiger partial charge in [-0.3, -0.25) is 4.99 Å². The van der Waals surface area contributed by atoms with Crippen LogP contribution in [-0.4, -0.2) is 12.4 Å². The molecule has 4 heteroatoms. The maximum Gasteiger partial charge on any atom is 0.139 e. The van der Waals surface area contributed by atoms with E-state index in [1.807, 2.05) is 6.92 Å². The van der Waals surface area contributed by atoms with Crippen molar-refractivity contribution in [1.82, 2.24) is 0 Å². The van der Waals surface area contributed by atoms with E-state index in [4.69, 9.17) is 0 Å². The zero-order valence-electron chi connectivity index (χ0n) is 9.89. The highest BCUT2D eigenvalue weighted by Crippen LogP contribution is 2.24. The van der Waals surface area contributed by atoms with E-state index in [9.17, 15) is 4.39 Å². The van der Waals surface area contributed by atoms with Gasteiger partial charge in [0.05, 0.1) is 4.47 Å². The maximum absolute atomic E-state index is 13.5. The summed E-state index contributed by atoms with van der Waals surface area (Å²) in [4.78, 5) is 4.48. The number of amidine groups is 1. The number of halogens is 2. The molecule has 1 aromatic carbocycles. The van der Waals surface area contributed by atoms with Gasteiger partial charge in [-0.05, 0) is 53.4 Å². The Morgan fingerprint density at radius 2 is 2.12 bits per heavy atom. The van der Waals surface area contributed by atoms with E-state index in [0.717, 1.165) is 42.9 Å². The first-order valence-corrected chi connectivity index (χ1v) is 6.72. The topological polar surface area (TPSA) is 24.4 Å². The van der Waals surface area contributed by atoms with Gasteiger partial charge in [0, 0.05) is 18.7 Å². The van der Waals surface area contributed by atoms with Crippen molar-refractivity contribution in [3.63, 3.8) is 0 Å². The van der Waals surface area contributed by atoms with Crippen molar-refractivity contribution in [2.24, 2.45) is 4.99 Å². The van der Waals surface area contributed by atoms with Crippen LogP contribution in [0.15, 0.2) is 21.6 Å². The minimum absolute atomic E-state index is 0.243. The summed E-state index contributed by atoms with van der Waals surface area (Å²) in [7, 11) is 0. The van der Waals surface area contributed by atoms with Crippen LogP contribution in [0.4, 0.5) is 10.1 Å². The Labute approximate surface area is 109 Å². The molecule has 0 spiro atoms. The molecule has 1 aliphatic rings. The Morgan fingerprint density at radius 3 is 2.94 bits per heavy atom. The van der Waals surface area contributed by atoms with Crippen LogP contribution in [-0.2, 0) is 0 Å². The van der Waals surface area contributed by atoms with E-state index < -0.39 is 0 Å². The summed E-state index contributed by atoms with van der Waals surface area (Å²) >= 11 is 3.18. The van der Waals surface area contributed by atoms with E-state index in [-0.39, 0.29) is 5.82 Å². The molecule has 0 fully saturated rings. The number of aliphatic imine (C=N–C) groups is 1. The van der Waals surface area contributed by atoms with E-state index in [1.165, 1.54) is 12.5 Å². The Bertz CT molecular complexity index is 443. The zero-order chi connectivity index (χ0) is 12.3. The fourth-order valence-electron chi connectivity index (χ4n) is 1.91. The largest absolute Gasteiger partial charge is 0.344 e. The van der Waals surface area contributed by atoms with E-state index in [2.05, 4.69) is 26.2 Å². The van der Waals surface area contributed by atoms with Gasteiger partial charge in [0.2, 0.25) is 0 Å². The van der Waals surface area contributed by atoms with Crippen molar-refractivity contribution in [2.75, 3.05) is 11.9 Å². The smallest absolute Gasteiger partial charge is 0.139 e. The lowest BCUT2D eigenvalue weighted by Crippen LogP contribution is -2.12. The second-order valence-electron chi connectivity index (χ2n) is 4.35. The number of aryl methyl sites for hydroxylation is 1. The molecule has 0 aliphatic carbocycles. The average molecular weight is 299 g/mol. The Kier molecular flexibility index (Phi) is 4.15. The van der Waals surface area contributed by atoms with Gasteiger partial charge in [0.1, 0.15) is 11.7 Å². The molecule has 0 bridgehead atoms. The molecule has 17 heavy (non-hydrogen) atoms. The second-order valence-corrected chi connectivity index (χ2v) is 5.20. The first kappa shape index (κ1) is 12.6. The van der Waals surface area contributed by atoms with Crippen LogP contribution in [0.5, 0.6) is 0 Å². The fraction of sp³-hybridized carbons (Fsp3) is 0.462. The summed E-state index contributed by atoms with van der Waals surface area (Å²) in [6.07, 6.45) is 4.49. The molecule has 0 radical (unpaired) electrons. The normalized spacial score (nSPS) is 16.3. The highest BCUT2D eigenvalue weighted by Gasteiger charge is 2.09. The molecule has 0 amide bonds. The standard InChI is InChI=1S/C13H16BrFN2/c1-9-7-10(14)11(15)8-12(9)17-13-5-3-2-4-6-16-13/h7-8H,2-6H2,1H3,(H,16,17). The number of hydrogen-bond acceptors (Lipinski definition) is 2. The van der Waals surface area contributed by atoms with E-state index >= 15 is 0 Å². The van der Waals surface area contributed by atoms with Gasteiger partial charge < -0.3 is 5.32 Å². The first-order chi connectivity index (χ1) is 8.16. The van der Waals surface area contributed by atoms with Gasteiger partial charge in [0.25, 0.3) is 0 Å². The van der Waals surface area contributed by atoms with Crippen LogP contribution in [0.25, 0.3) is 0 Å². The lowest BCUT2D eigenvalue weighted by Gasteiger charge is -2.12. The number of hydrogen-bond donors (Lipinski definition) is 1. The molecular weight excluding hydrogens is 283 g/mol. The Balaban J connectivity index is 2.17. The predicted octanol–water partition coefficient (Wildman–Crippen LogP) is 4.28. The third-order valence-corrected chi connectivity index (χ3v) is 3.53. The molecular formula is C13H16BrFN2. The maximum atomic E-state index is 13.5. The molecule has 1 N–H and O–H groups in total. The highest BCUT2D eigenvalue weighted by atomic mass is 79.9. The third-order valence-electron chi connectivity index (χ3n) is 2.92. The fourth-order valence-corrected chi connectivity index (χ4v) is 2.37. The zero-order valence-corrected chi connectivity index (χ0v) is 11.5. The minimum Gasteiger partial charge on any atom is -0.344 e. The quantitative estimate of drug-likeness (QED) is 0.822. The number of nitrogens with one attached hydrogen (secondary N) is 1. The molecule has 2 nitrogen and oxygen atoms in total. The number of nitrogens with zero attached hydrogens (tertiary/aromatic N) is 1. The lowest BCUT2D eigenvalue weighted by atomic mass is 10.1. The van der Waals surface area contributed by atoms with Gasteiger partial charge in [-0.2, -0.15) is 0 Å². The molecule has 1 aliphatic heterocycles. The van der Waals surface area contributed by atoms with Crippen LogP contribution >= 0.6 is 15.9 Å². The number of anilines is 1. The highest BCUT2D eigenvalue weighted by molar-refractivity contribution is 9.10. The summed E-state index contributed by atoms with van der Waals surface area (Å²) in [6.45, 7) is 2.84. The molecule has 1 heterocycles. The van der Waals surface area contributed by atoms with Crippen LogP contribution in [0.1, 0.15) is 31.2 Å². The van der Waals surface area contributed by atoms with Crippen molar-refractivity contribution < 1.29 is 4.39 Å². The van der Waals surface area contributed by atoms with Gasteiger partial charge in [-0.25, -0.2) is 4.39 Å². The lowest BCUT2D eigenvalue weighted by molar-refractivity contribution is 0.621. The SMILES string of the molecule is Cc1cc(Br)c(F)cc1NC1=NCCCCC1. The molecule has 0 atom stereocenters. The number of benzene rings is 1. The Hall–Kier alpha value is -0.900. The minimum atomic E-state index is -0.243. The van der Waals surface area contributed by atoms with Gasteiger partial charge >= 0.3 is 0 Å². The molecule has 0 saturated carbocycles. The van der Waals surface area contributed by atoms with Crippen LogP contribution in [0.3, 0.4) is 0 Å². The predicted molar refractivity (Wildman–Crippen MR) is 73.2 cm³/mol.